The monoisotopic (exact) mass is 263 g/mol. The molecule has 0 radical (unpaired) electrons. The van der Waals surface area contributed by atoms with Crippen LogP contribution in [0.25, 0.3) is 0 Å². The third-order valence-electron chi connectivity index (χ3n) is 2.65. The standard InChI is InChI=1S/C15H15F2NO/c1-2-19-13-6-4-12(5-7-13)18-10-11-3-8-14(16)15(17)9-11/h3-9,18H,2,10H2,1H3. The number of hydrogen-bond donors (Lipinski definition) is 1. The number of halogens is 2. The molecule has 0 aromatic heterocycles. The van der Waals surface area contributed by atoms with E-state index in [2.05, 4.69) is 5.32 Å². The van der Waals surface area contributed by atoms with Gasteiger partial charge in [0.25, 0.3) is 0 Å². The van der Waals surface area contributed by atoms with Gasteiger partial charge in [0.1, 0.15) is 5.75 Å². The van der Waals surface area contributed by atoms with Gasteiger partial charge in [-0.05, 0) is 48.9 Å². The SMILES string of the molecule is CCOc1ccc(NCc2ccc(F)c(F)c2)cc1. The van der Waals surface area contributed by atoms with Gasteiger partial charge in [-0.3, -0.25) is 0 Å². The highest BCUT2D eigenvalue weighted by Gasteiger charge is 2.02. The lowest BCUT2D eigenvalue weighted by Gasteiger charge is -2.08. The summed E-state index contributed by atoms with van der Waals surface area (Å²) in [5.41, 5.74) is 1.58. The first-order valence-corrected chi connectivity index (χ1v) is 6.09. The van der Waals surface area contributed by atoms with E-state index in [4.69, 9.17) is 4.74 Å². The van der Waals surface area contributed by atoms with Crippen LogP contribution in [0.5, 0.6) is 5.75 Å². The molecule has 100 valence electrons. The lowest BCUT2D eigenvalue weighted by molar-refractivity contribution is 0.340. The topological polar surface area (TPSA) is 21.3 Å². The molecule has 19 heavy (non-hydrogen) atoms. The Labute approximate surface area is 111 Å². The molecule has 0 unspecified atom stereocenters. The van der Waals surface area contributed by atoms with Crippen molar-refractivity contribution in [3.63, 3.8) is 0 Å². The predicted molar refractivity (Wildman–Crippen MR) is 71.3 cm³/mol. The summed E-state index contributed by atoms with van der Waals surface area (Å²) in [4.78, 5) is 0. The van der Waals surface area contributed by atoms with Crippen molar-refractivity contribution in [1.82, 2.24) is 0 Å². The number of nitrogens with one attached hydrogen (secondary N) is 1. The molecule has 2 aromatic rings. The lowest BCUT2D eigenvalue weighted by atomic mass is 10.2. The van der Waals surface area contributed by atoms with Gasteiger partial charge in [-0.15, -0.1) is 0 Å². The van der Waals surface area contributed by atoms with E-state index in [-0.39, 0.29) is 0 Å². The molecule has 0 aliphatic carbocycles. The molecule has 0 heterocycles. The van der Waals surface area contributed by atoms with Crippen LogP contribution in [0.3, 0.4) is 0 Å². The summed E-state index contributed by atoms with van der Waals surface area (Å²) in [6, 6.07) is 11.4. The van der Waals surface area contributed by atoms with Crippen molar-refractivity contribution >= 4 is 5.69 Å². The second-order valence-corrected chi connectivity index (χ2v) is 4.06. The zero-order valence-electron chi connectivity index (χ0n) is 10.6. The third kappa shape index (κ3) is 3.68. The zero-order chi connectivity index (χ0) is 13.7. The van der Waals surface area contributed by atoms with Gasteiger partial charge in [0.15, 0.2) is 11.6 Å². The van der Waals surface area contributed by atoms with Crippen LogP contribution in [-0.2, 0) is 6.54 Å². The highest BCUT2D eigenvalue weighted by atomic mass is 19.2. The van der Waals surface area contributed by atoms with Crippen LogP contribution >= 0.6 is 0 Å². The minimum atomic E-state index is -0.829. The molecule has 0 aliphatic heterocycles. The van der Waals surface area contributed by atoms with Crippen molar-refractivity contribution in [2.24, 2.45) is 0 Å². The molecule has 0 atom stereocenters. The van der Waals surface area contributed by atoms with E-state index in [1.165, 1.54) is 6.07 Å². The van der Waals surface area contributed by atoms with E-state index in [1.807, 2.05) is 31.2 Å². The fourth-order valence-corrected chi connectivity index (χ4v) is 1.69. The number of rotatable bonds is 5. The van der Waals surface area contributed by atoms with Gasteiger partial charge in [-0.1, -0.05) is 6.07 Å². The molecule has 2 nitrogen and oxygen atoms in total. The average Bonchev–Trinajstić information content (AvgIpc) is 2.42. The van der Waals surface area contributed by atoms with E-state index in [0.29, 0.717) is 18.7 Å². The molecule has 0 saturated heterocycles. The summed E-state index contributed by atoms with van der Waals surface area (Å²) < 4.78 is 31.1. The fraction of sp³-hybridized carbons (Fsp3) is 0.200. The summed E-state index contributed by atoms with van der Waals surface area (Å²) in [6.45, 7) is 2.99. The van der Waals surface area contributed by atoms with Crippen LogP contribution in [0, 0.1) is 11.6 Å². The molecule has 0 saturated carbocycles. The van der Waals surface area contributed by atoms with Gasteiger partial charge in [-0.25, -0.2) is 8.78 Å². The molecule has 0 bridgehead atoms. The summed E-state index contributed by atoms with van der Waals surface area (Å²) in [5.74, 6) is -0.850. The van der Waals surface area contributed by atoms with Gasteiger partial charge in [0.05, 0.1) is 6.61 Å². The van der Waals surface area contributed by atoms with E-state index >= 15 is 0 Å². The van der Waals surface area contributed by atoms with E-state index in [9.17, 15) is 8.78 Å². The molecule has 0 spiro atoms. The fourth-order valence-electron chi connectivity index (χ4n) is 1.69. The summed E-state index contributed by atoms with van der Waals surface area (Å²) in [5, 5.41) is 3.13. The Hall–Kier alpha value is -2.10. The maximum atomic E-state index is 13.0. The van der Waals surface area contributed by atoms with Crippen LogP contribution < -0.4 is 10.1 Å². The molecule has 0 amide bonds. The van der Waals surface area contributed by atoms with E-state index in [0.717, 1.165) is 17.5 Å². The first-order valence-electron chi connectivity index (χ1n) is 6.09. The van der Waals surface area contributed by atoms with Crippen LogP contribution in [0.2, 0.25) is 0 Å². The Morgan fingerprint density at radius 1 is 1.00 bits per heavy atom. The third-order valence-corrected chi connectivity index (χ3v) is 2.65. The largest absolute Gasteiger partial charge is 0.494 e. The number of benzene rings is 2. The van der Waals surface area contributed by atoms with Gasteiger partial charge < -0.3 is 10.1 Å². The van der Waals surface area contributed by atoms with Gasteiger partial charge in [0, 0.05) is 12.2 Å². The predicted octanol–water partition coefficient (Wildman–Crippen LogP) is 3.98. The smallest absolute Gasteiger partial charge is 0.159 e. The number of hydrogen-bond acceptors (Lipinski definition) is 2. The van der Waals surface area contributed by atoms with Crippen molar-refractivity contribution in [1.29, 1.82) is 0 Å². The van der Waals surface area contributed by atoms with Crippen molar-refractivity contribution in [2.75, 3.05) is 11.9 Å². The molecule has 1 N–H and O–H groups in total. The lowest BCUT2D eigenvalue weighted by Crippen LogP contribution is -2.00. The summed E-state index contributed by atoms with van der Waals surface area (Å²) >= 11 is 0. The molecule has 2 rings (SSSR count). The second-order valence-electron chi connectivity index (χ2n) is 4.06. The van der Waals surface area contributed by atoms with E-state index in [1.54, 1.807) is 6.07 Å². The van der Waals surface area contributed by atoms with E-state index < -0.39 is 11.6 Å². The van der Waals surface area contributed by atoms with Crippen molar-refractivity contribution < 1.29 is 13.5 Å². The Balaban J connectivity index is 1.96. The van der Waals surface area contributed by atoms with Crippen molar-refractivity contribution in [2.45, 2.75) is 13.5 Å². The number of anilines is 1. The quantitative estimate of drug-likeness (QED) is 0.881. The Kier molecular flexibility index (Phi) is 4.34. The van der Waals surface area contributed by atoms with Crippen molar-refractivity contribution in [3.05, 3.63) is 59.7 Å². The Morgan fingerprint density at radius 3 is 2.37 bits per heavy atom. The highest BCUT2D eigenvalue weighted by Crippen LogP contribution is 2.17. The molecule has 0 fully saturated rings. The van der Waals surface area contributed by atoms with Gasteiger partial charge >= 0.3 is 0 Å². The summed E-state index contributed by atoms with van der Waals surface area (Å²) in [7, 11) is 0. The molecule has 4 heteroatoms. The minimum absolute atomic E-state index is 0.436. The second kappa shape index (κ2) is 6.18. The first kappa shape index (κ1) is 13.3. The van der Waals surface area contributed by atoms with Crippen LogP contribution in [0.4, 0.5) is 14.5 Å². The van der Waals surface area contributed by atoms with Crippen LogP contribution in [0.15, 0.2) is 42.5 Å². The van der Waals surface area contributed by atoms with Crippen LogP contribution in [-0.4, -0.2) is 6.61 Å². The molecular weight excluding hydrogens is 248 g/mol. The first-order chi connectivity index (χ1) is 9.19. The Bertz CT molecular complexity index is 540. The zero-order valence-corrected chi connectivity index (χ0v) is 10.6. The molecular formula is C15H15F2NO. The number of ether oxygens (including phenoxy) is 1. The molecule has 0 aliphatic rings. The molecule has 2 aromatic carbocycles. The van der Waals surface area contributed by atoms with Gasteiger partial charge in [-0.2, -0.15) is 0 Å². The average molecular weight is 263 g/mol. The van der Waals surface area contributed by atoms with Crippen LogP contribution in [0.1, 0.15) is 12.5 Å². The Morgan fingerprint density at radius 2 is 1.74 bits per heavy atom. The maximum Gasteiger partial charge on any atom is 0.159 e. The highest BCUT2D eigenvalue weighted by molar-refractivity contribution is 5.46. The van der Waals surface area contributed by atoms with Gasteiger partial charge in [0.2, 0.25) is 0 Å². The maximum absolute atomic E-state index is 13.0. The normalized spacial score (nSPS) is 10.3. The van der Waals surface area contributed by atoms with Crippen molar-refractivity contribution in [3.8, 4) is 5.75 Å². The minimum Gasteiger partial charge on any atom is -0.494 e. The summed E-state index contributed by atoms with van der Waals surface area (Å²) in [6.07, 6.45) is 0.